The van der Waals surface area contributed by atoms with Crippen LogP contribution in [0.3, 0.4) is 0 Å². The molecule has 0 aromatic carbocycles. The monoisotopic (exact) mass is 796 g/mol. The van der Waals surface area contributed by atoms with E-state index < -0.39 is 47.8 Å². The largest absolute Gasteiger partial charge is 0.426 e. The molecule has 0 unspecified atom stereocenters. The second-order valence-corrected chi connectivity index (χ2v) is 29.1. The number of allylic oxidation sites excluding steroid dienone is 3. The van der Waals surface area contributed by atoms with Gasteiger partial charge in [0.25, 0.3) is 5.60 Å². The minimum atomic E-state index is -5.62. The quantitative estimate of drug-likeness (QED) is 0.106. The Balaban J connectivity index is 1.85. The maximum atomic E-state index is 13.9. The Kier molecular flexibility index (Phi) is 14.5. The SMILES string of the molecule is C=C1C(=CC=C2CCC[C@]3(C)[C@@H]([C@H](C)CCCC(OCOC)(C(F)(F)F)C(F)(F)F)CC[C@@H]23)C[C@@H](O[Si](C)(C)C(C)(C)C)C[C@@H]1O[Si](C)(C)C(C)(C)C. The van der Waals surface area contributed by atoms with Crippen LogP contribution in [0.4, 0.5) is 26.3 Å². The van der Waals surface area contributed by atoms with Gasteiger partial charge in [0.2, 0.25) is 0 Å². The Morgan fingerprint density at radius 1 is 0.887 bits per heavy atom. The summed E-state index contributed by atoms with van der Waals surface area (Å²) >= 11 is 0. The molecule has 0 amide bonds. The van der Waals surface area contributed by atoms with Gasteiger partial charge in [0, 0.05) is 13.5 Å². The number of methoxy groups -OCH3 is 1. The molecule has 0 aromatic heterocycles. The molecule has 0 N–H and O–H groups in total. The van der Waals surface area contributed by atoms with E-state index in [2.05, 4.69) is 103 Å². The van der Waals surface area contributed by atoms with Gasteiger partial charge in [-0.05, 0) is 122 Å². The highest BCUT2D eigenvalue weighted by Gasteiger charge is 2.72. The van der Waals surface area contributed by atoms with E-state index in [-0.39, 0.29) is 52.4 Å². The van der Waals surface area contributed by atoms with Crippen LogP contribution in [0.1, 0.15) is 120 Å². The molecule has 3 rings (SSSR count). The molecule has 3 aliphatic rings. The zero-order chi connectivity index (χ0) is 40.6. The molecule has 0 aliphatic heterocycles. The minimum absolute atomic E-state index is 0.0301. The van der Waals surface area contributed by atoms with Crippen LogP contribution in [0.5, 0.6) is 0 Å². The van der Waals surface area contributed by atoms with Gasteiger partial charge in [-0.25, -0.2) is 0 Å². The molecule has 0 bridgehead atoms. The van der Waals surface area contributed by atoms with E-state index >= 15 is 0 Å². The summed E-state index contributed by atoms with van der Waals surface area (Å²) in [6.45, 7) is 30.5. The Morgan fingerprint density at radius 3 is 1.98 bits per heavy atom. The third kappa shape index (κ3) is 10.2. The fraction of sp³-hybridized carbons (Fsp3) is 0.854. The number of halogens is 6. The van der Waals surface area contributed by atoms with Crippen molar-refractivity contribution in [1.29, 1.82) is 0 Å². The van der Waals surface area contributed by atoms with Crippen molar-refractivity contribution >= 4 is 16.6 Å². The summed E-state index contributed by atoms with van der Waals surface area (Å²) in [5, 5.41) is 0.121. The zero-order valence-electron chi connectivity index (χ0n) is 34.9. The smallest absolute Gasteiger partial charge is 0.413 e. The van der Waals surface area contributed by atoms with Crippen LogP contribution in [0.15, 0.2) is 35.5 Å². The average molecular weight is 797 g/mol. The summed E-state index contributed by atoms with van der Waals surface area (Å²) in [4.78, 5) is 0. The van der Waals surface area contributed by atoms with Gasteiger partial charge < -0.3 is 18.3 Å². The first-order chi connectivity index (χ1) is 23.9. The number of hydrogen-bond acceptors (Lipinski definition) is 4. The van der Waals surface area contributed by atoms with Crippen LogP contribution in [0.25, 0.3) is 0 Å². The number of fused-ring (bicyclic) bond motifs is 1. The van der Waals surface area contributed by atoms with Crippen LogP contribution < -0.4 is 0 Å². The standard InChI is InChI=1S/C41H70F6O4Si2/c1-28(17-15-24-39(40(42,43)44,41(45,46)47)49-27-48-10)33-21-22-34-30(18-16-23-38(33,34)9)19-20-31-25-32(50-52(11,12)36(3,4)5)26-35(29(31)2)51-53(13,14)37(6,7)8/h19-20,28,32-35H,2,15-18,21-27H2,1,3-14H3/t28-,32-,33-,34+,35+,38-/m1/s1. The average Bonchev–Trinajstić information content (AvgIpc) is 3.34. The van der Waals surface area contributed by atoms with Gasteiger partial charge in [-0.2, -0.15) is 26.3 Å². The van der Waals surface area contributed by atoms with Crippen molar-refractivity contribution in [1.82, 2.24) is 0 Å². The predicted molar refractivity (Wildman–Crippen MR) is 208 cm³/mol. The molecule has 53 heavy (non-hydrogen) atoms. The maximum Gasteiger partial charge on any atom is 0.426 e. The lowest BCUT2D eigenvalue weighted by Gasteiger charge is -2.46. The molecular formula is C41H70F6O4Si2. The van der Waals surface area contributed by atoms with Crippen molar-refractivity contribution in [2.75, 3.05) is 13.9 Å². The second kappa shape index (κ2) is 16.5. The third-order valence-corrected chi connectivity index (χ3v) is 23.0. The van der Waals surface area contributed by atoms with Gasteiger partial charge >= 0.3 is 12.4 Å². The molecule has 3 fully saturated rings. The molecule has 12 heteroatoms. The highest BCUT2D eigenvalue weighted by molar-refractivity contribution is 6.74. The van der Waals surface area contributed by atoms with E-state index in [0.717, 1.165) is 57.6 Å². The number of alkyl halides is 6. The van der Waals surface area contributed by atoms with Crippen LogP contribution in [0.2, 0.25) is 36.3 Å². The minimum Gasteiger partial charge on any atom is -0.413 e. The lowest BCUT2D eigenvalue weighted by molar-refractivity contribution is -0.394. The van der Waals surface area contributed by atoms with Crippen molar-refractivity contribution in [2.24, 2.45) is 23.2 Å². The van der Waals surface area contributed by atoms with Gasteiger partial charge in [0.1, 0.15) is 6.79 Å². The normalized spacial score (nSPS) is 29.2. The van der Waals surface area contributed by atoms with Gasteiger partial charge in [0.05, 0.1) is 12.2 Å². The van der Waals surface area contributed by atoms with E-state index in [9.17, 15) is 26.3 Å². The van der Waals surface area contributed by atoms with E-state index in [1.54, 1.807) is 0 Å². The molecular weight excluding hydrogens is 727 g/mol. The molecule has 6 atom stereocenters. The first kappa shape index (κ1) is 46.5. The number of rotatable bonds is 13. The van der Waals surface area contributed by atoms with E-state index in [4.69, 9.17) is 8.85 Å². The summed E-state index contributed by atoms with van der Waals surface area (Å²) in [7, 11) is -3.15. The molecule has 4 nitrogen and oxygen atoms in total. The zero-order valence-corrected chi connectivity index (χ0v) is 36.9. The van der Waals surface area contributed by atoms with Gasteiger partial charge in [-0.1, -0.05) is 86.1 Å². The van der Waals surface area contributed by atoms with E-state index in [1.165, 1.54) is 11.1 Å². The third-order valence-electron chi connectivity index (χ3n) is 14.0. The Labute approximate surface area is 319 Å². The van der Waals surface area contributed by atoms with Crippen LogP contribution >= 0.6 is 0 Å². The fourth-order valence-corrected chi connectivity index (χ4v) is 11.4. The summed E-state index contributed by atoms with van der Waals surface area (Å²) in [6, 6.07) is 0. The first-order valence-electron chi connectivity index (χ1n) is 19.6. The van der Waals surface area contributed by atoms with Gasteiger partial charge in [-0.15, -0.1) is 0 Å². The van der Waals surface area contributed by atoms with Crippen molar-refractivity contribution in [3.05, 3.63) is 35.5 Å². The summed E-state index contributed by atoms with van der Waals surface area (Å²) < 4.78 is 106. The molecule has 0 spiro atoms. The molecule has 0 saturated heterocycles. The molecule has 3 aliphatic carbocycles. The van der Waals surface area contributed by atoms with E-state index in [0.29, 0.717) is 5.92 Å². The molecule has 0 aromatic rings. The number of ether oxygens (including phenoxy) is 2. The highest BCUT2D eigenvalue weighted by Crippen LogP contribution is 2.60. The first-order valence-corrected chi connectivity index (χ1v) is 25.5. The lowest BCUT2D eigenvalue weighted by atomic mass is 9.60. The molecule has 3 saturated carbocycles. The van der Waals surface area contributed by atoms with Crippen molar-refractivity contribution in [3.63, 3.8) is 0 Å². The van der Waals surface area contributed by atoms with Crippen molar-refractivity contribution in [3.8, 4) is 0 Å². The maximum absolute atomic E-state index is 13.9. The van der Waals surface area contributed by atoms with Crippen molar-refractivity contribution < 1.29 is 44.7 Å². The highest BCUT2D eigenvalue weighted by atomic mass is 28.4. The topological polar surface area (TPSA) is 36.9 Å². The Morgan fingerprint density at radius 2 is 1.45 bits per heavy atom. The van der Waals surface area contributed by atoms with Crippen LogP contribution in [-0.2, 0) is 18.3 Å². The fourth-order valence-electron chi connectivity index (χ4n) is 8.69. The number of hydrogen-bond donors (Lipinski definition) is 0. The van der Waals surface area contributed by atoms with E-state index in [1.807, 2.05) is 6.92 Å². The van der Waals surface area contributed by atoms with Crippen LogP contribution in [0, 0.1) is 23.2 Å². The van der Waals surface area contributed by atoms with Crippen molar-refractivity contribution in [2.45, 2.75) is 186 Å². The molecule has 308 valence electrons. The molecule has 0 heterocycles. The van der Waals surface area contributed by atoms with Crippen LogP contribution in [-0.4, -0.2) is 60.7 Å². The Hall–Kier alpha value is -0.926. The Bertz CT molecular complexity index is 1310. The lowest BCUT2D eigenvalue weighted by Crippen LogP contribution is -2.59. The molecule has 0 radical (unpaired) electrons. The summed E-state index contributed by atoms with van der Waals surface area (Å²) in [5.74, 6) is 0.471. The van der Waals surface area contributed by atoms with Gasteiger partial charge in [-0.3, -0.25) is 0 Å². The summed E-state index contributed by atoms with van der Waals surface area (Å²) in [5.41, 5.74) is -0.755. The predicted octanol–water partition coefficient (Wildman–Crippen LogP) is 13.5. The summed E-state index contributed by atoms with van der Waals surface area (Å²) in [6.07, 6.45) is -1.59. The van der Waals surface area contributed by atoms with Gasteiger partial charge in [0.15, 0.2) is 16.6 Å². The second-order valence-electron chi connectivity index (χ2n) is 19.6.